The molecule has 2 aromatic rings. The van der Waals surface area contributed by atoms with E-state index in [2.05, 4.69) is 26.8 Å². The van der Waals surface area contributed by atoms with Crippen LogP contribution in [0.4, 0.5) is 4.79 Å². The van der Waals surface area contributed by atoms with Gasteiger partial charge in [-0.15, -0.1) is 5.92 Å². The summed E-state index contributed by atoms with van der Waals surface area (Å²) in [5.74, 6) is 5.67. The number of aromatic nitrogens is 2. The van der Waals surface area contributed by atoms with Gasteiger partial charge < -0.3 is 4.74 Å². The lowest BCUT2D eigenvalue weighted by atomic mass is 10.3. The molecular weight excluding hydrogens is 386 g/mol. The van der Waals surface area contributed by atoms with E-state index in [4.69, 9.17) is 20.5 Å². The molecule has 0 bridgehead atoms. The fourth-order valence-corrected chi connectivity index (χ4v) is 3.56. The van der Waals surface area contributed by atoms with Crippen LogP contribution < -0.4 is 0 Å². The summed E-state index contributed by atoms with van der Waals surface area (Å²) in [4.78, 5) is 12.9. The molecular formula is C15H14ClN3O6S. The van der Waals surface area contributed by atoms with Crippen LogP contribution in [0, 0.1) is 11.8 Å². The van der Waals surface area contributed by atoms with Gasteiger partial charge in [-0.25, -0.2) is 9.42 Å². The highest BCUT2D eigenvalue weighted by Gasteiger charge is 2.33. The first-order valence-electron chi connectivity index (χ1n) is 7.64. The van der Waals surface area contributed by atoms with Gasteiger partial charge in [0.1, 0.15) is 17.6 Å². The number of nitrogens with zero attached hydrogens (tertiary/aromatic N) is 3. The highest BCUT2D eigenvalue weighted by molar-refractivity contribution is 7.87. The number of cyclic esters (lactones) is 1. The highest BCUT2D eigenvalue weighted by atomic mass is 35.5. The molecule has 1 aromatic heterocycles. The number of carbonyl (C=O) groups excluding carboxylic acids is 1. The zero-order valence-corrected chi connectivity index (χ0v) is 15.2. The Morgan fingerprint density at radius 2 is 2.12 bits per heavy atom. The number of benzene rings is 1. The van der Waals surface area contributed by atoms with Gasteiger partial charge in [0, 0.05) is 6.42 Å². The molecule has 9 nitrogen and oxygen atoms in total. The molecule has 0 spiro atoms. The van der Waals surface area contributed by atoms with E-state index in [1.165, 1.54) is 17.0 Å². The molecule has 138 valence electrons. The van der Waals surface area contributed by atoms with Gasteiger partial charge in [-0.3, -0.25) is 9.08 Å². The minimum atomic E-state index is -4.18. The summed E-state index contributed by atoms with van der Waals surface area (Å²) < 4.78 is 39.5. The number of fused-ring (bicyclic) bond motifs is 1. The Bertz CT molecular complexity index is 994. The number of hydrogen-bond acceptors (Lipinski definition) is 8. The average Bonchev–Trinajstić information content (AvgIpc) is 3.21. The molecule has 1 atom stereocenters. The summed E-state index contributed by atoms with van der Waals surface area (Å²) in [7, 11) is -4.18. The lowest BCUT2D eigenvalue weighted by Crippen LogP contribution is -2.27. The highest BCUT2D eigenvalue weighted by Crippen LogP contribution is 2.28. The van der Waals surface area contributed by atoms with Crippen LogP contribution in [0.3, 0.4) is 0 Å². The molecule has 0 N–H and O–H groups in total. The van der Waals surface area contributed by atoms with Crippen LogP contribution in [-0.4, -0.2) is 55.5 Å². The van der Waals surface area contributed by atoms with Crippen molar-refractivity contribution in [3.8, 4) is 11.8 Å². The molecule has 2 heterocycles. The predicted octanol–water partition coefficient (Wildman–Crippen LogP) is 1.82. The SMILES string of the molecule is CCC#CCN1C[C@H](COS(=O)(=O)c2ccc(Cl)c3nonc23)OC1=O. The second-order valence-electron chi connectivity index (χ2n) is 5.34. The van der Waals surface area contributed by atoms with Gasteiger partial charge >= 0.3 is 6.09 Å². The van der Waals surface area contributed by atoms with Crippen molar-refractivity contribution < 1.29 is 26.8 Å². The summed E-state index contributed by atoms with van der Waals surface area (Å²) in [5, 5.41) is 7.31. The second-order valence-corrected chi connectivity index (χ2v) is 7.33. The van der Waals surface area contributed by atoms with Crippen LogP contribution in [-0.2, 0) is 19.0 Å². The van der Waals surface area contributed by atoms with Gasteiger partial charge in [-0.05, 0) is 22.4 Å². The van der Waals surface area contributed by atoms with Crippen LogP contribution in [0.1, 0.15) is 13.3 Å². The first kappa shape index (κ1) is 18.4. The first-order valence-corrected chi connectivity index (χ1v) is 9.42. The largest absolute Gasteiger partial charge is 0.442 e. The third-order valence-electron chi connectivity index (χ3n) is 3.53. The maximum Gasteiger partial charge on any atom is 0.411 e. The molecule has 1 saturated heterocycles. The van der Waals surface area contributed by atoms with Gasteiger partial charge in [0.15, 0.2) is 11.0 Å². The monoisotopic (exact) mass is 399 g/mol. The smallest absolute Gasteiger partial charge is 0.411 e. The van der Waals surface area contributed by atoms with Crippen LogP contribution in [0.25, 0.3) is 11.0 Å². The molecule has 3 rings (SSSR count). The molecule has 1 amide bonds. The standard InChI is InChI=1S/C15H14ClN3O6S/c1-2-3-4-7-19-8-10(24-15(19)20)9-23-26(21,22)12-6-5-11(16)13-14(12)18-25-17-13/h5-6,10H,2,7-9H2,1H3/t10-/m1/s1. The Morgan fingerprint density at radius 3 is 2.88 bits per heavy atom. The van der Waals surface area contributed by atoms with Gasteiger partial charge in [-0.2, -0.15) is 8.42 Å². The number of halogens is 1. The van der Waals surface area contributed by atoms with Crippen molar-refractivity contribution in [3.63, 3.8) is 0 Å². The molecule has 1 aliphatic heterocycles. The Hall–Kier alpha value is -2.35. The van der Waals surface area contributed by atoms with Crippen molar-refractivity contribution >= 4 is 38.8 Å². The molecule has 1 fully saturated rings. The summed E-state index contributed by atoms with van der Waals surface area (Å²) >= 11 is 5.91. The normalized spacial score (nSPS) is 17.2. The summed E-state index contributed by atoms with van der Waals surface area (Å²) in [6.45, 7) is 1.97. The molecule has 0 saturated carbocycles. The van der Waals surface area contributed by atoms with Crippen LogP contribution in [0.2, 0.25) is 5.02 Å². The van der Waals surface area contributed by atoms with Gasteiger partial charge in [-0.1, -0.05) is 24.4 Å². The maximum atomic E-state index is 12.4. The van der Waals surface area contributed by atoms with Gasteiger partial charge in [0.25, 0.3) is 10.1 Å². The van der Waals surface area contributed by atoms with E-state index in [-0.39, 0.29) is 40.6 Å². The number of amides is 1. The predicted molar refractivity (Wildman–Crippen MR) is 89.9 cm³/mol. The van der Waals surface area contributed by atoms with Crippen molar-refractivity contribution in [2.24, 2.45) is 0 Å². The third-order valence-corrected chi connectivity index (χ3v) is 5.15. The average molecular weight is 400 g/mol. The topological polar surface area (TPSA) is 112 Å². The van der Waals surface area contributed by atoms with E-state index in [9.17, 15) is 13.2 Å². The van der Waals surface area contributed by atoms with Crippen molar-refractivity contribution in [2.75, 3.05) is 19.7 Å². The van der Waals surface area contributed by atoms with Crippen LogP contribution in [0.5, 0.6) is 0 Å². The molecule has 1 aromatic carbocycles. The van der Waals surface area contributed by atoms with Crippen molar-refractivity contribution in [1.82, 2.24) is 15.2 Å². The van der Waals surface area contributed by atoms with E-state index in [0.29, 0.717) is 6.42 Å². The minimum absolute atomic E-state index is 0.0302. The van der Waals surface area contributed by atoms with Gasteiger partial charge in [0.05, 0.1) is 18.1 Å². The number of rotatable bonds is 5. The molecule has 26 heavy (non-hydrogen) atoms. The number of carbonyl (C=O) groups is 1. The molecule has 1 aliphatic rings. The van der Waals surface area contributed by atoms with E-state index >= 15 is 0 Å². The number of ether oxygens (including phenoxy) is 1. The Labute approximate surface area is 154 Å². The lowest BCUT2D eigenvalue weighted by Gasteiger charge is -2.10. The Kier molecular flexibility index (Phi) is 5.31. The minimum Gasteiger partial charge on any atom is -0.442 e. The van der Waals surface area contributed by atoms with Crippen LogP contribution >= 0.6 is 11.6 Å². The van der Waals surface area contributed by atoms with Crippen molar-refractivity contribution in [3.05, 3.63) is 17.2 Å². The lowest BCUT2D eigenvalue weighted by molar-refractivity contribution is 0.105. The van der Waals surface area contributed by atoms with Crippen molar-refractivity contribution in [2.45, 2.75) is 24.3 Å². The molecule has 11 heteroatoms. The van der Waals surface area contributed by atoms with Crippen molar-refractivity contribution in [1.29, 1.82) is 0 Å². The number of hydrogen-bond donors (Lipinski definition) is 0. The zero-order valence-electron chi connectivity index (χ0n) is 13.6. The van der Waals surface area contributed by atoms with E-state index in [1.807, 2.05) is 6.92 Å². The molecule has 0 aliphatic carbocycles. The van der Waals surface area contributed by atoms with E-state index in [0.717, 1.165) is 0 Å². The Balaban J connectivity index is 1.68. The summed E-state index contributed by atoms with van der Waals surface area (Å²) in [6.07, 6.45) is -0.602. The van der Waals surface area contributed by atoms with E-state index in [1.54, 1.807) is 0 Å². The van der Waals surface area contributed by atoms with Crippen LogP contribution in [0.15, 0.2) is 21.7 Å². The van der Waals surface area contributed by atoms with E-state index < -0.39 is 22.3 Å². The summed E-state index contributed by atoms with van der Waals surface area (Å²) in [5.41, 5.74) is 0.0849. The molecule has 0 unspecified atom stereocenters. The summed E-state index contributed by atoms with van der Waals surface area (Å²) in [6, 6.07) is 2.60. The first-order chi connectivity index (χ1) is 12.4. The van der Waals surface area contributed by atoms with Gasteiger partial charge in [0.2, 0.25) is 0 Å². The molecule has 0 radical (unpaired) electrons. The quantitative estimate of drug-likeness (QED) is 0.552. The second kappa shape index (κ2) is 7.49. The fourth-order valence-electron chi connectivity index (χ4n) is 2.31. The maximum absolute atomic E-state index is 12.4. The zero-order chi connectivity index (χ0) is 18.7. The Morgan fingerprint density at radius 1 is 1.35 bits per heavy atom. The fraction of sp³-hybridized carbons (Fsp3) is 0.400. The third kappa shape index (κ3) is 3.75.